The summed E-state index contributed by atoms with van der Waals surface area (Å²) in [5.74, 6) is 2.45. The van der Waals surface area contributed by atoms with Crippen molar-refractivity contribution in [2.24, 2.45) is 34.0 Å². The molecule has 0 nitrogen and oxygen atoms in total. The number of alkyl halides is 1. The number of hydrogen-bond donors (Lipinski definition) is 0. The standard InChI is InChI=1S/C32H59FS/c1-26(15-10-11-20-29-21-14-24-34-29)16-12-17-27(2)18-13-19-28(3)30(4,5)22-23-31(6,7)32(8,9)25-33/h14,21,24,26-28H,10-13,15-20,22-23,25H2,1-9H3. The molecule has 0 aliphatic rings. The average Bonchev–Trinajstić information content (AvgIpc) is 3.29. The summed E-state index contributed by atoms with van der Waals surface area (Å²) in [5, 5.41) is 2.19. The highest BCUT2D eigenvalue weighted by molar-refractivity contribution is 7.09. The highest BCUT2D eigenvalue weighted by Crippen LogP contribution is 2.46. The first-order valence-corrected chi connectivity index (χ1v) is 15.3. The van der Waals surface area contributed by atoms with E-state index in [1.165, 1.54) is 70.6 Å². The van der Waals surface area contributed by atoms with Crippen LogP contribution in [-0.2, 0) is 6.42 Å². The number of rotatable bonds is 19. The van der Waals surface area contributed by atoms with E-state index >= 15 is 0 Å². The summed E-state index contributed by atoms with van der Waals surface area (Å²) in [6.07, 6.45) is 15.9. The maximum absolute atomic E-state index is 13.5. The summed E-state index contributed by atoms with van der Waals surface area (Å²) in [6, 6.07) is 4.44. The third-order valence-corrected chi connectivity index (χ3v) is 10.5. The van der Waals surface area contributed by atoms with E-state index in [0.29, 0.717) is 5.41 Å². The van der Waals surface area contributed by atoms with Gasteiger partial charge in [-0.05, 0) is 71.1 Å². The molecule has 0 aromatic carbocycles. The average molecular weight is 495 g/mol. The lowest BCUT2D eigenvalue weighted by Gasteiger charge is -2.43. The fourth-order valence-corrected chi connectivity index (χ4v) is 5.67. The van der Waals surface area contributed by atoms with Gasteiger partial charge in [0, 0.05) is 4.88 Å². The van der Waals surface area contributed by atoms with Crippen LogP contribution in [0.25, 0.3) is 0 Å². The monoisotopic (exact) mass is 494 g/mol. The van der Waals surface area contributed by atoms with Gasteiger partial charge >= 0.3 is 0 Å². The van der Waals surface area contributed by atoms with Crippen molar-refractivity contribution in [2.75, 3.05) is 6.67 Å². The lowest BCUT2D eigenvalue weighted by atomic mass is 9.63. The largest absolute Gasteiger partial charge is 0.250 e. The van der Waals surface area contributed by atoms with Gasteiger partial charge in [0.25, 0.3) is 0 Å². The molecule has 0 amide bonds. The predicted octanol–water partition coefficient (Wildman–Crippen LogP) is 11.5. The first-order chi connectivity index (χ1) is 15.8. The molecule has 0 spiro atoms. The Labute approximate surface area is 217 Å². The zero-order chi connectivity index (χ0) is 25.8. The van der Waals surface area contributed by atoms with Gasteiger partial charge < -0.3 is 0 Å². The summed E-state index contributed by atoms with van der Waals surface area (Å²) in [5.41, 5.74) is 0.115. The lowest BCUT2D eigenvalue weighted by Crippen LogP contribution is -2.36. The molecule has 3 unspecified atom stereocenters. The van der Waals surface area contributed by atoms with Crippen LogP contribution in [0.4, 0.5) is 4.39 Å². The normalized spacial score (nSPS) is 15.9. The topological polar surface area (TPSA) is 0 Å². The lowest BCUT2D eigenvalue weighted by molar-refractivity contribution is 0.0458. The maximum atomic E-state index is 13.5. The molecule has 0 radical (unpaired) electrons. The van der Waals surface area contributed by atoms with Crippen molar-refractivity contribution in [3.05, 3.63) is 22.4 Å². The number of aryl methyl sites for hydroxylation is 1. The van der Waals surface area contributed by atoms with Gasteiger partial charge in [0.1, 0.15) is 0 Å². The van der Waals surface area contributed by atoms with Crippen LogP contribution in [0.3, 0.4) is 0 Å². The Balaban J connectivity index is 2.17. The molecule has 1 aromatic rings. The Morgan fingerprint density at radius 2 is 1.29 bits per heavy atom. The summed E-state index contributed by atoms with van der Waals surface area (Å²) in [6.45, 7) is 20.7. The smallest absolute Gasteiger partial charge is 0.0950 e. The molecule has 0 aliphatic carbocycles. The van der Waals surface area contributed by atoms with Crippen LogP contribution in [0.2, 0.25) is 0 Å². The van der Waals surface area contributed by atoms with E-state index in [9.17, 15) is 4.39 Å². The van der Waals surface area contributed by atoms with Crippen LogP contribution < -0.4 is 0 Å². The highest BCUT2D eigenvalue weighted by Gasteiger charge is 2.38. The minimum atomic E-state index is -0.247. The minimum absolute atomic E-state index is 0.0362. The summed E-state index contributed by atoms with van der Waals surface area (Å²) in [4.78, 5) is 1.55. The van der Waals surface area contributed by atoms with E-state index < -0.39 is 0 Å². The van der Waals surface area contributed by atoms with Crippen molar-refractivity contribution in [2.45, 2.75) is 139 Å². The number of hydrogen-bond acceptors (Lipinski definition) is 1. The molecular formula is C32H59FS. The predicted molar refractivity (Wildman–Crippen MR) is 154 cm³/mol. The quantitative estimate of drug-likeness (QED) is 0.168. The van der Waals surface area contributed by atoms with Crippen LogP contribution in [0.1, 0.15) is 138 Å². The Kier molecular flexibility index (Phi) is 14.0. The van der Waals surface area contributed by atoms with E-state index in [2.05, 4.69) is 79.8 Å². The van der Waals surface area contributed by atoms with Crippen LogP contribution in [0.5, 0.6) is 0 Å². The molecule has 1 rings (SSSR count). The molecule has 1 aromatic heterocycles. The molecule has 1 heterocycles. The van der Waals surface area contributed by atoms with Gasteiger partial charge in [0.15, 0.2) is 0 Å². The van der Waals surface area contributed by atoms with Crippen molar-refractivity contribution >= 4 is 11.3 Å². The number of halogens is 1. The third-order valence-electron chi connectivity index (χ3n) is 9.57. The third kappa shape index (κ3) is 11.6. The summed E-state index contributed by atoms with van der Waals surface area (Å²) in [7, 11) is 0. The van der Waals surface area contributed by atoms with E-state index in [1.807, 2.05) is 11.3 Å². The summed E-state index contributed by atoms with van der Waals surface area (Å²) >= 11 is 1.90. The molecule has 0 saturated heterocycles. The van der Waals surface area contributed by atoms with Crippen LogP contribution in [0, 0.1) is 34.0 Å². The van der Waals surface area contributed by atoms with E-state index in [-0.39, 0.29) is 17.5 Å². The number of thiophene rings is 1. The van der Waals surface area contributed by atoms with Crippen molar-refractivity contribution < 1.29 is 4.39 Å². The SMILES string of the molecule is CC(CCCCc1cccs1)CCCC(C)CCCC(C)C(C)(C)CCC(C)(C)C(C)(C)CF. The number of unbranched alkanes of at least 4 members (excludes halogenated alkanes) is 1. The van der Waals surface area contributed by atoms with Gasteiger partial charge in [0.05, 0.1) is 6.67 Å². The molecule has 0 fully saturated rings. The van der Waals surface area contributed by atoms with Gasteiger partial charge in [-0.15, -0.1) is 11.3 Å². The van der Waals surface area contributed by atoms with Gasteiger partial charge in [-0.2, -0.15) is 0 Å². The molecule has 0 aliphatic heterocycles. The van der Waals surface area contributed by atoms with Crippen LogP contribution in [0.15, 0.2) is 17.5 Å². The van der Waals surface area contributed by atoms with Crippen molar-refractivity contribution in [3.8, 4) is 0 Å². The fourth-order valence-electron chi connectivity index (χ4n) is 4.91. The van der Waals surface area contributed by atoms with E-state index in [0.717, 1.165) is 24.2 Å². The molecule has 200 valence electrons. The zero-order valence-electron chi connectivity index (χ0n) is 24.4. The fraction of sp³-hybridized carbons (Fsp3) is 0.875. The van der Waals surface area contributed by atoms with Crippen molar-refractivity contribution in [1.82, 2.24) is 0 Å². The molecule has 0 bridgehead atoms. The Morgan fingerprint density at radius 3 is 1.82 bits per heavy atom. The van der Waals surface area contributed by atoms with Gasteiger partial charge in [-0.1, -0.05) is 120 Å². The molecule has 0 N–H and O–H groups in total. The van der Waals surface area contributed by atoms with E-state index in [4.69, 9.17) is 0 Å². The summed E-state index contributed by atoms with van der Waals surface area (Å²) < 4.78 is 13.5. The van der Waals surface area contributed by atoms with Crippen molar-refractivity contribution in [1.29, 1.82) is 0 Å². The molecule has 3 atom stereocenters. The highest BCUT2D eigenvalue weighted by atomic mass is 32.1. The first kappa shape index (κ1) is 31.7. The molecular weight excluding hydrogens is 435 g/mol. The van der Waals surface area contributed by atoms with Gasteiger partial charge in [0.2, 0.25) is 0 Å². The Morgan fingerprint density at radius 1 is 0.735 bits per heavy atom. The van der Waals surface area contributed by atoms with Crippen molar-refractivity contribution in [3.63, 3.8) is 0 Å². The van der Waals surface area contributed by atoms with E-state index in [1.54, 1.807) is 4.88 Å². The van der Waals surface area contributed by atoms with Gasteiger partial charge in [-0.3, -0.25) is 4.39 Å². The molecule has 0 saturated carbocycles. The maximum Gasteiger partial charge on any atom is 0.0950 e. The first-order valence-electron chi connectivity index (χ1n) is 14.4. The second-order valence-electron chi connectivity index (χ2n) is 13.7. The minimum Gasteiger partial charge on any atom is -0.250 e. The van der Waals surface area contributed by atoms with Gasteiger partial charge in [-0.25, -0.2) is 0 Å². The Hall–Kier alpha value is -0.370. The Bertz CT molecular complexity index is 627. The van der Waals surface area contributed by atoms with Crippen LogP contribution in [-0.4, -0.2) is 6.67 Å². The molecule has 2 heteroatoms. The van der Waals surface area contributed by atoms with Crippen LogP contribution >= 0.6 is 11.3 Å². The second kappa shape index (κ2) is 15.0. The zero-order valence-corrected chi connectivity index (χ0v) is 25.3. The second-order valence-corrected chi connectivity index (χ2v) is 14.7. The molecule has 34 heavy (non-hydrogen) atoms.